The molecule has 0 atom stereocenters. The first-order valence-electron chi connectivity index (χ1n) is 7.18. The average Bonchev–Trinajstić information content (AvgIpc) is 2.46. The van der Waals surface area contributed by atoms with Crippen molar-refractivity contribution in [3.8, 4) is 6.07 Å². The number of nitrogens with zero attached hydrogens (tertiary/aromatic N) is 1. The van der Waals surface area contributed by atoms with Crippen LogP contribution in [0, 0.1) is 17.2 Å². The molecular weight excluding hydrogens is 282 g/mol. The van der Waals surface area contributed by atoms with E-state index in [1.807, 2.05) is 18.2 Å². The lowest BCUT2D eigenvalue weighted by molar-refractivity contribution is -0.118. The predicted octanol–water partition coefficient (Wildman–Crippen LogP) is 2.55. The molecule has 0 aliphatic heterocycles. The number of hydrogen-bond acceptors (Lipinski definition) is 4. The topological polar surface area (TPSA) is 64.9 Å². The molecule has 0 aliphatic rings. The van der Waals surface area contributed by atoms with Gasteiger partial charge in [0.15, 0.2) is 0 Å². The Hall–Kier alpha value is -1.51. The molecule has 0 saturated heterocycles. The van der Waals surface area contributed by atoms with Gasteiger partial charge in [0, 0.05) is 18.0 Å². The first-order chi connectivity index (χ1) is 10.1. The predicted molar refractivity (Wildman–Crippen MR) is 87.0 cm³/mol. The van der Waals surface area contributed by atoms with E-state index >= 15 is 0 Å². The van der Waals surface area contributed by atoms with Gasteiger partial charge in [-0.15, -0.1) is 11.8 Å². The van der Waals surface area contributed by atoms with Gasteiger partial charge in [0.25, 0.3) is 0 Å². The molecule has 2 N–H and O–H groups in total. The van der Waals surface area contributed by atoms with E-state index in [-0.39, 0.29) is 5.91 Å². The maximum absolute atomic E-state index is 11.5. The van der Waals surface area contributed by atoms with Crippen molar-refractivity contribution in [1.82, 2.24) is 10.6 Å². The summed E-state index contributed by atoms with van der Waals surface area (Å²) in [5, 5.41) is 14.5. The fourth-order valence-corrected chi connectivity index (χ4v) is 2.39. The normalized spacial score (nSPS) is 10.4. The molecular formula is C16H23N3OS. The van der Waals surface area contributed by atoms with Crippen molar-refractivity contribution >= 4 is 17.7 Å². The molecule has 1 rings (SSSR count). The lowest BCUT2D eigenvalue weighted by atomic mass is 10.2. The fraction of sp³-hybridized carbons (Fsp3) is 0.500. The SMILES string of the molecule is CC(C)CNCc1ccc(SCC(=O)NCCC#N)cc1. The smallest absolute Gasteiger partial charge is 0.230 e. The van der Waals surface area contributed by atoms with Crippen LogP contribution in [-0.4, -0.2) is 24.7 Å². The number of nitriles is 1. The summed E-state index contributed by atoms with van der Waals surface area (Å²) in [6.45, 7) is 6.69. The molecule has 5 heteroatoms. The van der Waals surface area contributed by atoms with E-state index in [4.69, 9.17) is 5.26 Å². The first-order valence-corrected chi connectivity index (χ1v) is 8.16. The minimum absolute atomic E-state index is 0.0297. The van der Waals surface area contributed by atoms with Crippen molar-refractivity contribution in [1.29, 1.82) is 5.26 Å². The van der Waals surface area contributed by atoms with Crippen LogP contribution in [0.25, 0.3) is 0 Å². The van der Waals surface area contributed by atoms with E-state index in [9.17, 15) is 4.79 Å². The Kier molecular flexibility index (Phi) is 8.56. The Morgan fingerprint density at radius 3 is 2.67 bits per heavy atom. The summed E-state index contributed by atoms with van der Waals surface area (Å²) >= 11 is 1.51. The van der Waals surface area contributed by atoms with Gasteiger partial charge in [0.05, 0.1) is 18.2 Å². The number of benzene rings is 1. The number of hydrogen-bond donors (Lipinski definition) is 2. The lowest BCUT2D eigenvalue weighted by Crippen LogP contribution is -2.25. The van der Waals surface area contributed by atoms with Gasteiger partial charge in [-0.2, -0.15) is 5.26 Å². The Balaban J connectivity index is 2.27. The molecule has 4 nitrogen and oxygen atoms in total. The van der Waals surface area contributed by atoms with Crippen molar-refractivity contribution in [3.63, 3.8) is 0 Å². The summed E-state index contributed by atoms with van der Waals surface area (Å²) in [6, 6.07) is 10.3. The number of carbonyl (C=O) groups is 1. The van der Waals surface area contributed by atoms with Crippen LogP contribution >= 0.6 is 11.8 Å². The number of carbonyl (C=O) groups excluding carboxylic acids is 1. The highest BCUT2D eigenvalue weighted by molar-refractivity contribution is 8.00. The van der Waals surface area contributed by atoms with Crippen molar-refractivity contribution < 1.29 is 4.79 Å². The van der Waals surface area contributed by atoms with Gasteiger partial charge in [0.1, 0.15) is 0 Å². The molecule has 1 aromatic rings. The van der Waals surface area contributed by atoms with Crippen LogP contribution in [-0.2, 0) is 11.3 Å². The molecule has 1 amide bonds. The average molecular weight is 305 g/mol. The Bertz CT molecular complexity index is 465. The zero-order valence-electron chi connectivity index (χ0n) is 12.7. The number of nitrogens with one attached hydrogen (secondary N) is 2. The molecule has 0 fully saturated rings. The molecule has 1 aromatic carbocycles. The standard InChI is InChI=1S/C16H23N3OS/c1-13(2)10-18-11-14-4-6-15(7-5-14)21-12-16(20)19-9-3-8-17/h4-7,13,18H,3,9-12H2,1-2H3,(H,19,20). The summed E-state index contributed by atoms with van der Waals surface area (Å²) in [5.74, 6) is 1.01. The van der Waals surface area contributed by atoms with Crippen molar-refractivity contribution in [2.45, 2.75) is 31.7 Å². The fourth-order valence-electron chi connectivity index (χ4n) is 1.67. The summed E-state index contributed by atoms with van der Waals surface area (Å²) in [6.07, 6.45) is 0.356. The third-order valence-electron chi connectivity index (χ3n) is 2.73. The minimum Gasteiger partial charge on any atom is -0.354 e. The van der Waals surface area contributed by atoms with Crippen LogP contribution in [0.3, 0.4) is 0 Å². The highest BCUT2D eigenvalue weighted by atomic mass is 32.2. The van der Waals surface area contributed by atoms with Gasteiger partial charge in [-0.25, -0.2) is 0 Å². The van der Waals surface area contributed by atoms with E-state index in [0.717, 1.165) is 18.0 Å². The molecule has 0 saturated carbocycles. The molecule has 0 aromatic heterocycles. The quantitative estimate of drug-likeness (QED) is 0.543. The molecule has 114 valence electrons. The Morgan fingerprint density at radius 2 is 2.05 bits per heavy atom. The minimum atomic E-state index is -0.0297. The van der Waals surface area contributed by atoms with E-state index in [1.54, 1.807) is 0 Å². The maximum atomic E-state index is 11.5. The van der Waals surface area contributed by atoms with Gasteiger partial charge in [-0.05, 0) is 30.2 Å². The largest absolute Gasteiger partial charge is 0.354 e. The van der Waals surface area contributed by atoms with Crippen LogP contribution < -0.4 is 10.6 Å². The third kappa shape index (κ3) is 8.38. The highest BCUT2D eigenvalue weighted by Crippen LogP contribution is 2.18. The van der Waals surface area contributed by atoms with E-state index < -0.39 is 0 Å². The van der Waals surface area contributed by atoms with Gasteiger partial charge >= 0.3 is 0 Å². The molecule has 0 spiro atoms. The molecule has 0 aliphatic carbocycles. The summed E-state index contributed by atoms with van der Waals surface area (Å²) in [7, 11) is 0. The molecule has 0 heterocycles. The summed E-state index contributed by atoms with van der Waals surface area (Å²) in [5.41, 5.74) is 1.25. The van der Waals surface area contributed by atoms with Crippen LogP contribution in [0.5, 0.6) is 0 Å². The molecule has 0 unspecified atom stereocenters. The van der Waals surface area contributed by atoms with Gasteiger partial charge in [-0.1, -0.05) is 26.0 Å². The maximum Gasteiger partial charge on any atom is 0.230 e. The summed E-state index contributed by atoms with van der Waals surface area (Å²) in [4.78, 5) is 12.6. The van der Waals surface area contributed by atoms with Gasteiger partial charge in [0.2, 0.25) is 5.91 Å². The van der Waals surface area contributed by atoms with Crippen molar-refractivity contribution in [2.75, 3.05) is 18.8 Å². The zero-order chi connectivity index (χ0) is 15.5. The summed E-state index contributed by atoms with van der Waals surface area (Å²) < 4.78 is 0. The lowest BCUT2D eigenvalue weighted by Gasteiger charge is -2.08. The molecule has 21 heavy (non-hydrogen) atoms. The second kappa shape index (κ2) is 10.3. The Labute approximate surface area is 131 Å². The monoisotopic (exact) mass is 305 g/mol. The second-order valence-electron chi connectivity index (χ2n) is 5.22. The number of amides is 1. The third-order valence-corrected chi connectivity index (χ3v) is 3.75. The van der Waals surface area contributed by atoms with Crippen LogP contribution in [0.4, 0.5) is 0 Å². The van der Waals surface area contributed by atoms with Crippen LogP contribution in [0.15, 0.2) is 29.2 Å². The first kappa shape index (κ1) is 17.5. The van der Waals surface area contributed by atoms with Crippen molar-refractivity contribution in [2.24, 2.45) is 5.92 Å². The van der Waals surface area contributed by atoms with E-state index in [2.05, 4.69) is 36.6 Å². The van der Waals surface area contributed by atoms with Crippen LogP contribution in [0.1, 0.15) is 25.8 Å². The second-order valence-corrected chi connectivity index (χ2v) is 6.26. The van der Waals surface area contributed by atoms with Crippen LogP contribution in [0.2, 0.25) is 0 Å². The highest BCUT2D eigenvalue weighted by Gasteiger charge is 2.02. The van der Waals surface area contributed by atoms with E-state index in [0.29, 0.717) is 24.6 Å². The number of rotatable bonds is 9. The molecule has 0 bridgehead atoms. The number of thioether (sulfide) groups is 1. The van der Waals surface area contributed by atoms with Crippen molar-refractivity contribution in [3.05, 3.63) is 29.8 Å². The van der Waals surface area contributed by atoms with Gasteiger partial charge in [-0.3, -0.25) is 4.79 Å². The van der Waals surface area contributed by atoms with E-state index in [1.165, 1.54) is 17.3 Å². The molecule has 0 radical (unpaired) electrons. The van der Waals surface area contributed by atoms with Gasteiger partial charge < -0.3 is 10.6 Å². The Morgan fingerprint density at radius 1 is 1.33 bits per heavy atom. The zero-order valence-corrected chi connectivity index (χ0v) is 13.5.